The summed E-state index contributed by atoms with van der Waals surface area (Å²) in [5.74, 6) is -0.234. The van der Waals surface area contributed by atoms with Crippen LogP contribution < -0.4 is 39.4 Å². The predicted molar refractivity (Wildman–Crippen MR) is 118 cm³/mol. The van der Waals surface area contributed by atoms with Crippen LogP contribution >= 0.6 is 0 Å². The van der Waals surface area contributed by atoms with E-state index in [4.69, 9.17) is 4.74 Å². The van der Waals surface area contributed by atoms with Crippen LogP contribution in [0.3, 0.4) is 0 Å². The third-order valence-electron chi connectivity index (χ3n) is 5.21. The molecule has 0 aliphatic rings. The first kappa shape index (κ1) is 28.0. The Hall–Kier alpha value is -1.05. The Kier molecular flexibility index (Phi) is 13.5. The molecule has 166 valence electrons. The van der Waals surface area contributed by atoms with Gasteiger partial charge in [-0.15, -0.1) is 0 Å². The van der Waals surface area contributed by atoms with Crippen LogP contribution in [0.4, 0.5) is 0 Å². The van der Waals surface area contributed by atoms with Gasteiger partial charge >= 0.3 is 29.6 Å². The molecule has 7 heteroatoms. The minimum Gasteiger partial charge on any atom is -0.870 e. The molecule has 5 nitrogen and oxygen atoms in total. The Labute approximate surface area is 209 Å². The number of benzene rings is 2. The van der Waals surface area contributed by atoms with Crippen molar-refractivity contribution in [2.45, 2.75) is 82.4 Å². The molecular weight excluding hydrogens is 423 g/mol. The van der Waals surface area contributed by atoms with Crippen molar-refractivity contribution in [3.63, 3.8) is 0 Å². The maximum Gasteiger partial charge on any atom is 1.00 e. The molecule has 0 aliphatic heterocycles. The molecule has 0 bridgehead atoms. The van der Waals surface area contributed by atoms with E-state index in [1.165, 1.54) is 75.6 Å². The normalized spacial score (nSPS) is 11.2. The van der Waals surface area contributed by atoms with Gasteiger partial charge in [0.15, 0.2) is 0 Å². The number of ether oxygens (including phenoxy) is 1. The van der Waals surface area contributed by atoms with Gasteiger partial charge in [-0.2, -0.15) is 8.42 Å². The first-order valence-electron chi connectivity index (χ1n) is 11.0. The summed E-state index contributed by atoms with van der Waals surface area (Å²) in [6.07, 6.45) is 13.0. The van der Waals surface area contributed by atoms with E-state index in [1.807, 2.05) is 0 Å². The van der Waals surface area contributed by atoms with Gasteiger partial charge in [-0.1, -0.05) is 100 Å². The second-order valence-corrected chi connectivity index (χ2v) is 9.09. The van der Waals surface area contributed by atoms with Crippen LogP contribution in [0, 0.1) is 0 Å². The van der Waals surface area contributed by atoms with E-state index < -0.39 is 10.1 Å². The summed E-state index contributed by atoms with van der Waals surface area (Å²) in [4.78, 5) is -0.357. The van der Waals surface area contributed by atoms with Gasteiger partial charge in [-0.05, 0) is 31.0 Å². The summed E-state index contributed by atoms with van der Waals surface area (Å²) in [6.45, 7) is 2.23. The first-order valence-corrected chi connectivity index (χ1v) is 12.4. The van der Waals surface area contributed by atoms with Crippen molar-refractivity contribution in [1.82, 2.24) is 0 Å². The molecule has 0 unspecified atom stereocenters. The van der Waals surface area contributed by atoms with Crippen molar-refractivity contribution < 1.29 is 52.4 Å². The van der Waals surface area contributed by atoms with E-state index in [2.05, 4.69) is 6.92 Å². The number of hydrogen-bond donors (Lipinski definition) is 1. The molecule has 0 spiro atoms. The summed E-state index contributed by atoms with van der Waals surface area (Å²) in [6, 6.07) is 10.8. The van der Waals surface area contributed by atoms with E-state index in [1.54, 1.807) is 18.2 Å². The fourth-order valence-corrected chi connectivity index (χ4v) is 4.12. The standard InChI is InChI=1S/C24H34O5S.Na/c1-2-3-4-5-6-7-8-9-10-11-15-20-16-14-18-22(24(20)25)29-21-17-12-13-19-23(21)30(26,27)28;/h12-14,16-19,25H,2-11,15H2,1H3,(H,26,27,28);/q;+1/p-1. The van der Waals surface area contributed by atoms with Gasteiger partial charge in [0.25, 0.3) is 10.1 Å². The van der Waals surface area contributed by atoms with Crippen molar-refractivity contribution in [3.8, 4) is 17.2 Å². The third kappa shape index (κ3) is 9.96. The van der Waals surface area contributed by atoms with E-state index >= 15 is 0 Å². The van der Waals surface area contributed by atoms with Crippen molar-refractivity contribution in [2.24, 2.45) is 0 Å². The quantitative estimate of drug-likeness (QED) is 0.268. The second-order valence-electron chi connectivity index (χ2n) is 7.70. The Morgan fingerprint density at radius 1 is 0.806 bits per heavy atom. The minimum absolute atomic E-state index is 0. The van der Waals surface area contributed by atoms with Crippen LogP contribution in [0.2, 0.25) is 0 Å². The van der Waals surface area contributed by atoms with E-state index in [-0.39, 0.29) is 51.7 Å². The number of hydrogen-bond acceptors (Lipinski definition) is 4. The van der Waals surface area contributed by atoms with Crippen LogP contribution in [-0.4, -0.2) is 13.0 Å². The van der Waals surface area contributed by atoms with Gasteiger partial charge in [0.05, 0.1) is 0 Å². The Morgan fingerprint density at radius 3 is 1.97 bits per heavy atom. The molecule has 0 aliphatic carbocycles. The van der Waals surface area contributed by atoms with Crippen LogP contribution in [0.1, 0.15) is 76.7 Å². The minimum atomic E-state index is -4.44. The topological polar surface area (TPSA) is 86.7 Å². The number of unbranched alkanes of at least 4 members (excludes halogenated alkanes) is 9. The zero-order chi connectivity index (χ0) is 21.8. The van der Waals surface area contributed by atoms with Gasteiger partial charge in [0, 0.05) is 0 Å². The van der Waals surface area contributed by atoms with Gasteiger partial charge < -0.3 is 9.84 Å². The van der Waals surface area contributed by atoms with Crippen molar-refractivity contribution in [2.75, 3.05) is 0 Å². The molecule has 0 aromatic heterocycles. The maximum absolute atomic E-state index is 12.7. The smallest absolute Gasteiger partial charge is 0.870 e. The zero-order valence-corrected chi connectivity index (χ0v) is 21.6. The van der Waals surface area contributed by atoms with Gasteiger partial charge in [0.1, 0.15) is 16.4 Å². The molecule has 0 saturated heterocycles. The molecule has 0 atom stereocenters. The Balaban J connectivity index is 0.00000480. The van der Waals surface area contributed by atoms with E-state index in [0.717, 1.165) is 12.8 Å². The Bertz CT molecular complexity index is 883. The molecule has 31 heavy (non-hydrogen) atoms. The zero-order valence-electron chi connectivity index (χ0n) is 18.8. The molecule has 0 radical (unpaired) electrons. The van der Waals surface area contributed by atoms with Crippen LogP contribution in [-0.2, 0) is 16.5 Å². The summed E-state index contributed by atoms with van der Waals surface area (Å²) < 4.78 is 37.9. The van der Waals surface area contributed by atoms with Gasteiger partial charge in [0.2, 0.25) is 0 Å². The Morgan fingerprint density at radius 2 is 1.35 bits per heavy atom. The van der Waals surface area contributed by atoms with Crippen LogP contribution in [0.5, 0.6) is 17.2 Å². The second kappa shape index (κ2) is 14.9. The summed E-state index contributed by atoms with van der Waals surface area (Å²) >= 11 is 0. The van der Waals surface area contributed by atoms with Crippen LogP contribution in [0.25, 0.3) is 0 Å². The molecule has 2 aromatic rings. The molecule has 0 saturated carbocycles. The van der Waals surface area contributed by atoms with E-state index in [0.29, 0.717) is 12.0 Å². The van der Waals surface area contributed by atoms with Gasteiger partial charge in [-0.3, -0.25) is 4.55 Å². The number of para-hydroxylation sites is 2. The fraction of sp³-hybridized carbons (Fsp3) is 0.500. The largest absolute Gasteiger partial charge is 1.00 e. The number of aryl methyl sites for hydroxylation is 1. The monoisotopic (exact) mass is 456 g/mol. The summed E-state index contributed by atoms with van der Waals surface area (Å²) in [7, 11) is -4.44. The SMILES string of the molecule is CCCCCCCCCCCCc1cccc(Oc2ccccc2S(=O)(=O)O)c1[O-].[Na+]. The first-order chi connectivity index (χ1) is 14.4. The van der Waals surface area contributed by atoms with Crippen molar-refractivity contribution in [1.29, 1.82) is 0 Å². The third-order valence-corrected chi connectivity index (χ3v) is 6.10. The molecule has 2 rings (SSSR count). The average Bonchev–Trinajstić information content (AvgIpc) is 2.71. The molecule has 1 N–H and O–H groups in total. The van der Waals surface area contributed by atoms with E-state index in [9.17, 15) is 18.1 Å². The van der Waals surface area contributed by atoms with Crippen molar-refractivity contribution in [3.05, 3.63) is 48.0 Å². The fourth-order valence-electron chi connectivity index (χ4n) is 3.51. The van der Waals surface area contributed by atoms with Crippen LogP contribution in [0.15, 0.2) is 47.4 Å². The molecule has 2 aromatic carbocycles. The maximum atomic E-state index is 12.7. The summed E-state index contributed by atoms with van der Waals surface area (Å²) in [5, 5.41) is 12.7. The summed E-state index contributed by atoms with van der Waals surface area (Å²) in [5.41, 5.74) is 0.663. The molecule has 0 amide bonds. The molecule has 0 fully saturated rings. The molecule has 0 heterocycles. The van der Waals surface area contributed by atoms with Crippen molar-refractivity contribution >= 4 is 10.1 Å². The number of rotatable bonds is 14. The molecular formula is C24H33NaO5S. The predicted octanol–water partition coefficient (Wildman–Crippen LogP) is 3.27. The average molecular weight is 457 g/mol. The van der Waals surface area contributed by atoms with Gasteiger partial charge in [-0.25, -0.2) is 0 Å².